The highest BCUT2D eigenvalue weighted by molar-refractivity contribution is 5.05. The molecule has 0 radical (unpaired) electrons. The number of imidazole rings is 1. The molecule has 5 nitrogen and oxygen atoms in total. The molecule has 1 rings (SSSR count). The minimum Gasteiger partial charge on any atom is -0.337 e. The lowest BCUT2D eigenvalue weighted by Gasteiger charge is -2.14. The van der Waals surface area contributed by atoms with Gasteiger partial charge in [0.25, 0.3) is 0 Å². The van der Waals surface area contributed by atoms with E-state index < -0.39 is 0 Å². The Balaban J connectivity index is 3.01. The van der Waals surface area contributed by atoms with Crippen LogP contribution in [0.4, 0.5) is 0 Å². The first-order valence-electron chi connectivity index (χ1n) is 4.17. The fourth-order valence-corrected chi connectivity index (χ4v) is 1.24. The molecule has 1 aromatic heterocycles. The summed E-state index contributed by atoms with van der Waals surface area (Å²) in [4.78, 5) is 6.83. The molecule has 0 N–H and O–H groups in total. The first kappa shape index (κ1) is 9.61. The molecular formula is C8H13N5. The summed E-state index contributed by atoms with van der Waals surface area (Å²) in [6.45, 7) is 4.04. The van der Waals surface area contributed by atoms with E-state index in [-0.39, 0.29) is 12.0 Å². The van der Waals surface area contributed by atoms with Crippen LogP contribution in [0.15, 0.2) is 17.6 Å². The van der Waals surface area contributed by atoms with Crippen LogP contribution in [0.1, 0.15) is 25.6 Å². The maximum absolute atomic E-state index is 8.40. The van der Waals surface area contributed by atoms with Crippen molar-refractivity contribution < 1.29 is 0 Å². The van der Waals surface area contributed by atoms with Crippen LogP contribution >= 0.6 is 0 Å². The van der Waals surface area contributed by atoms with Crippen LogP contribution in [0.25, 0.3) is 10.4 Å². The highest BCUT2D eigenvalue weighted by Crippen LogP contribution is 2.24. The third-order valence-electron chi connectivity index (χ3n) is 1.96. The molecule has 1 aromatic rings. The van der Waals surface area contributed by atoms with Gasteiger partial charge >= 0.3 is 0 Å². The highest BCUT2D eigenvalue weighted by atomic mass is 15.2. The normalized spacial score (nSPS) is 12.6. The molecule has 13 heavy (non-hydrogen) atoms. The topological polar surface area (TPSA) is 66.6 Å². The van der Waals surface area contributed by atoms with Gasteiger partial charge in [0, 0.05) is 23.9 Å². The molecule has 1 heterocycles. The van der Waals surface area contributed by atoms with Gasteiger partial charge in [-0.2, -0.15) is 0 Å². The van der Waals surface area contributed by atoms with E-state index in [0.29, 0.717) is 0 Å². The Labute approximate surface area is 77.0 Å². The van der Waals surface area contributed by atoms with Gasteiger partial charge in [-0.3, -0.25) is 0 Å². The largest absolute Gasteiger partial charge is 0.337 e. The standard InChI is InChI=1S/C8H13N5/c1-6(2)8(11-12-9)7-4-10-5-13(7)3/h4-6,8H,1-3H3. The highest BCUT2D eigenvalue weighted by Gasteiger charge is 2.16. The number of hydrogen-bond acceptors (Lipinski definition) is 2. The maximum atomic E-state index is 8.40. The van der Waals surface area contributed by atoms with E-state index >= 15 is 0 Å². The second kappa shape index (κ2) is 3.96. The van der Waals surface area contributed by atoms with Crippen LogP contribution in [0, 0.1) is 5.92 Å². The summed E-state index contributed by atoms with van der Waals surface area (Å²) in [6, 6.07) is -0.127. The number of nitrogens with zero attached hydrogens (tertiary/aromatic N) is 5. The molecular weight excluding hydrogens is 166 g/mol. The molecule has 0 aliphatic heterocycles. The molecule has 0 fully saturated rings. The molecule has 0 spiro atoms. The SMILES string of the molecule is CC(C)C(N=[N+]=[N-])c1cncn1C. The summed E-state index contributed by atoms with van der Waals surface area (Å²) in [7, 11) is 1.89. The molecule has 1 unspecified atom stereocenters. The van der Waals surface area contributed by atoms with Crippen LogP contribution < -0.4 is 0 Å². The van der Waals surface area contributed by atoms with Gasteiger partial charge in [-0.25, -0.2) is 4.98 Å². The monoisotopic (exact) mass is 179 g/mol. The van der Waals surface area contributed by atoms with Gasteiger partial charge in [0.05, 0.1) is 12.4 Å². The van der Waals surface area contributed by atoms with Crippen molar-refractivity contribution in [2.75, 3.05) is 0 Å². The average Bonchev–Trinajstić information content (AvgIpc) is 2.47. The summed E-state index contributed by atoms with van der Waals surface area (Å²) < 4.78 is 1.87. The Hall–Kier alpha value is -1.48. The average molecular weight is 179 g/mol. The third-order valence-corrected chi connectivity index (χ3v) is 1.96. The van der Waals surface area contributed by atoms with E-state index in [0.717, 1.165) is 5.69 Å². The Morgan fingerprint density at radius 2 is 2.31 bits per heavy atom. The van der Waals surface area contributed by atoms with Crippen molar-refractivity contribution in [3.63, 3.8) is 0 Å². The zero-order valence-corrected chi connectivity index (χ0v) is 8.05. The van der Waals surface area contributed by atoms with E-state index in [2.05, 4.69) is 15.0 Å². The molecule has 0 amide bonds. The van der Waals surface area contributed by atoms with Crippen LogP contribution in [-0.4, -0.2) is 9.55 Å². The van der Waals surface area contributed by atoms with Crippen molar-refractivity contribution in [1.82, 2.24) is 9.55 Å². The van der Waals surface area contributed by atoms with Gasteiger partial charge in [0.1, 0.15) is 0 Å². The van der Waals surface area contributed by atoms with Crippen LogP contribution in [0.3, 0.4) is 0 Å². The molecule has 0 aromatic carbocycles. The molecule has 0 aliphatic rings. The molecule has 1 atom stereocenters. The van der Waals surface area contributed by atoms with Gasteiger partial charge in [0.15, 0.2) is 0 Å². The third kappa shape index (κ3) is 2.00. The summed E-state index contributed by atoms with van der Waals surface area (Å²) in [5.41, 5.74) is 9.36. The Bertz CT molecular complexity index is 321. The number of rotatable bonds is 3. The van der Waals surface area contributed by atoms with Gasteiger partial charge in [0.2, 0.25) is 0 Å². The molecule has 0 saturated heterocycles. The Morgan fingerprint density at radius 1 is 1.62 bits per heavy atom. The van der Waals surface area contributed by atoms with E-state index in [9.17, 15) is 0 Å². The van der Waals surface area contributed by atoms with Crippen molar-refractivity contribution in [3.8, 4) is 0 Å². The van der Waals surface area contributed by atoms with Crippen molar-refractivity contribution in [2.24, 2.45) is 18.1 Å². The second-order valence-corrected chi connectivity index (χ2v) is 3.32. The van der Waals surface area contributed by atoms with Gasteiger partial charge in [-0.15, -0.1) is 0 Å². The number of hydrogen-bond donors (Lipinski definition) is 0. The van der Waals surface area contributed by atoms with Gasteiger partial charge in [-0.1, -0.05) is 19.0 Å². The maximum Gasteiger partial charge on any atom is 0.0945 e. The molecule has 70 valence electrons. The van der Waals surface area contributed by atoms with Crippen molar-refractivity contribution in [1.29, 1.82) is 0 Å². The Morgan fingerprint density at radius 3 is 2.69 bits per heavy atom. The quantitative estimate of drug-likeness (QED) is 0.399. The predicted octanol–water partition coefficient (Wildman–Crippen LogP) is 2.43. The fraction of sp³-hybridized carbons (Fsp3) is 0.625. The number of aromatic nitrogens is 2. The zero-order chi connectivity index (χ0) is 9.84. The van der Waals surface area contributed by atoms with E-state index in [4.69, 9.17) is 5.53 Å². The van der Waals surface area contributed by atoms with Crippen molar-refractivity contribution in [3.05, 3.63) is 28.7 Å². The minimum absolute atomic E-state index is 0.127. The molecule has 0 saturated carbocycles. The Kier molecular flexibility index (Phi) is 2.93. The van der Waals surface area contributed by atoms with Gasteiger partial charge < -0.3 is 4.57 Å². The fourth-order valence-electron chi connectivity index (χ4n) is 1.24. The first-order valence-corrected chi connectivity index (χ1v) is 4.17. The summed E-state index contributed by atoms with van der Waals surface area (Å²) in [5.74, 6) is 0.284. The minimum atomic E-state index is -0.127. The molecule has 0 aliphatic carbocycles. The van der Waals surface area contributed by atoms with Gasteiger partial charge in [-0.05, 0) is 11.4 Å². The van der Waals surface area contributed by atoms with Crippen LogP contribution in [0.5, 0.6) is 0 Å². The van der Waals surface area contributed by atoms with E-state index in [1.54, 1.807) is 12.5 Å². The summed E-state index contributed by atoms with van der Waals surface area (Å²) >= 11 is 0. The lowest BCUT2D eigenvalue weighted by molar-refractivity contribution is 0.488. The number of azide groups is 1. The summed E-state index contributed by atoms with van der Waals surface area (Å²) in [5, 5.41) is 3.75. The lowest BCUT2D eigenvalue weighted by atomic mass is 10.0. The van der Waals surface area contributed by atoms with E-state index in [1.165, 1.54) is 0 Å². The molecule has 5 heteroatoms. The zero-order valence-electron chi connectivity index (χ0n) is 8.05. The van der Waals surface area contributed by atoms with E-state index in [1.807, 2.05) is 25.5 Å². The van der Waals surface area contributed by atoms with Crippen molar-refractivity contribution in [2.45, 2.75) is 19.9 Å². The smallest absolute Gasteiger partial charge is 0.0945 e. The first-order chi connectivity index (χ1) is 6.16. The van der Waals surface area contributed by atoms with Crippen LogP contribution in [0.2, 0.25) is 0 Å². The van der Waals surface area contributed by atoms with Crippen molar-refractivity contribution >= 4 is 0 Å². The molecule has 0 bridgehead atoms. The summed E-state index contributed by atoms with van der Waals surface area (Å²) in [6.07, 6.45) is 3.44. The predicted molar refractivity (Wildman–Crippen MR) is 49.9 cm³/mol. The lowest BCUT2D eigenvalue weighted by Crippen LogP contribution is -2.07. The van der Waals surface area contributed by atoms with Crippen LogP contribution in [-0.2, 0) is 7.05 Å². The second-order valence-electron chi connectivity index (χ2n) is 3.32. The number of aryl methyl sites for hydroxylation is 1.